The van der Waals surface area contributed by atoms with Gasteiger partial charge in [0.05, 0.1) is 34.5 Å². The first-order chi connectivity index (χ1) is 9.78. The van der Waals surface area contributed by atoms with E-state index in [4.69, 9.17) is 23.7 Å². The van der Waals surface area contributed by atoms with Gasteiger partial charge in [0.15, 0.2) is 17.8 Å². The SMILES string of the molecule is COc1cc(/C=C/CC2OCCO2)cc(OC)c1OC. The molecule has 110 valence electrons. The molecule has 0 aliphatic carbocycles. The fourth-order valence-electron chi connectivity index (χ4n) is 2.06. The fraction of sp³-hybridized carbons (Fsp3) is 0.467. The lowest BCUT2D eigenvalue weighted by molar-refractivity contribution is -0.0379. The number of hydrogen-bond acceptors (Lipinski definition) is 5. The maximum atomic E-state index is 5.37. The van der Waals surface area contributed by atoms with Crippen molar-refractivity contribution in [2.45, 2.75) is 12.7 Å². The van der Waals surface area contributed by atoms with Gasteiger partial charge in [-0.2, -0.15) is 0 Å². The molecule has 1 aromatic carbocycles. The highest BCUT2D eigenvalue weighted by Gasteiger charge is 2.14. The molecule has 0 bridgehead atoms. The van der Waals surface area contributed by atoms with Crippen molar-refractivity contribution < 1.29 is 23.7 Å². The third kappa shape index (κ3) is 3.43. The summed E-state index contributed by atoms with van der Waals surface area (Å²) in [6.45, 7) is 1.34. The van der Waals surface area contributed by atoms with Gasteiger partial charge in [0.25, 0.3) is 0 Å². The van der Waals surface area contributed by atoms with Gasteiger partial charge in [-0.05, 0) is 17.7 Å². The molecule has 0 amide bonds. The van der Waals surface area contributed by atoms with E-state index in [0.29, 0.717) is 30.5 Å². The molecule has 0 saturated carbocycles. The molecule has 0 N–H and O–H groups in total. The minimum Gasteiger partial charge on any atom is -0.493 e. The van der Waals surface area contributed by atoms with Crippen LogP contribution in [0.1, 0.15) is 12.0 Å². The third-order valence-electron chi connectivity index (χ3n) is 3.02. The Hall–Kier alpha value is -1.72. The van der Waals surface area contributed by atoms with Crippen LogP contribution >= 0.6 is 0 Å². The van der Waals surface area contributed by atoms with E-state index in [9.17, 15) is 0 Å². The van der Waals surface area contributed by atoms with Gasteiger partial charge in [-0.15, -0.1) is 0 Å². The Morgan fingerprint density at radius 3 is 2.15 bits per heavy atom. The summed E-state index contributed by atoms with van der Waals surface area (Å²) in [6.07, 6.45) is 4.58. The predicted octanol–water partition coefficient (Wildman–Crippen LogP) is 2.49. The first-order valence-corrected chi connectivity index (χ1v) is 6.48. The summed E-state index contributed by atoms with van der Waals surface area (Å²) in [7, 11) is 4.79. The number of hydrogen-bond donors (Lipinski definition) is 0. The Bertz CT molecular complexity index is 438. The molecule has 0 spiro atoms. The Labute approximate surface area is 119 Å². The van der Waals surface area contributed by atoms with Crippen LogP contribution in [0.5, 0.6) is 17.2 Å². The Balaban J connectivity index is 2.12. The minimum absolute atomic E-state index is 0.131. The molecule has 1 fully saturated rings. The summed E-state index contributed by atoms with van der Waals surface area (Å²) >= 11 is 0. The molecule has 20 heavy (non-hydrogen) atoms. The number of rotatable bonds is 6. The van der Waals surface area contributed by atoms with Crippen molar-refractivity contribution in [3.8, 4) is 17.2 Å². The van der Waals surface area contributed by atoms with Crippen LogP contribution in [0.25, 0.3) is 6.08 Å². The molecule has 5 heteroatoms. The molecule has 1 heterocycles. The summed E-state index contributed by atoms with van der Waals surface area (Å²) in [5.41, 5.74) is 0.970. The molecule has 2 rings (SSSR count). The van der Waals surface area contributed by atoms with E-state index < -0.39 is 0 Å². The Kier molecular flexibility index (Phi) is 5.26. The molecular formula is C15H20O5. The van der Waals surface area contributed by atoms with E-state index in [-0.39, 0.29) is 6.29 Å². The molecule has 5 nitrogen and oxygen atoms in total. The minimum atomic E-state index is -0.131. The third-order valence-corrected chi connectivity index (χ3v) is 3.02. The summed E-state index contributed by atoms with van der Waals surface area (Å²) in [6, 6.07) is 3.79. The summed E-state index contributed by atoms with van der Waals surface area (Å²) in [5.74, 6) is 1.87. The van der Waals surface area contributed by atoms with Crippen molar-refractivity contribution in [3.63, 3.8) is 0 Å². The lowest BCUT2D eigenvalue weighted by atomic mass is 10.1. The highest BCUT2D eigenvalue weighted by atomic mass is 16.7. The van der Waals surface area contributed by atoms with Gasteiger partial charge in [0, 0.05) is 6.42 Å². The van der Waals surface area contributed by atoms with Gasteiger partial charge in [-0.3, -0.25) is 0 Å². The standard InChI is InChI=1S/C15H20O5/c1-16-12-9-11(10-13(17-2)15(12)18-3)5-4-6-14-19-7-8-20-14/h4-5,9-10,14H,6-8H2,1-3H3/b5-4+. The van der Waals surface area contributed by atoms with Crippen LogP contribution in [-0.2, 0) is 9.47 Å². The Morgan fingerprint density at radius 2 is 1.65 bits per heavy atom. The van der Waals surface area contributed by atoms with E-state index in [1.807, 2.05) is 24.3 Å². The number of benzene rings is 1. The summed E-state index contributed by atoms with van der Waals surface area (Å²) < 4.78 is 26.7. The molecule has 0 atom stereocenters. The van der Waals surface area contributed by atoms with E-state index in [0.717, 1.165) is 12.0 Å². The van der Waals surface area contributed by atoms with E-state index >= 15 is 0 Å². The summed E-state index contributed by atoms with van der Waals surface area (Å²) in [4.78, 5) is 0. The molecule has 0 radical (unpaired) electrons. The Morgan fingerprint density at radius 1 is 1.05 bits per heavy atom. The smallest absolute Gasteiger partial charge is 0.203 e. The maximum Gasteiger partial charge on any atom is 0.203 e. The molecule has 1 aromatic rings. The normalized spacial score (nSPS) is 15.8. The molecule has 1 aliphatic heterocycles. The van der Waals surface area contributed by atoms with Gasteiger partial charge >= 0.3 is 0 Å². The van der Waals surface area contributed by atoms with Crippen LogP contribution in [0.2, 0.25) is 0 Å². The molecular weight excluding hydrogens is 260 g/mol. The van der Waals surface area contributed by atoms with Crippen LogP contribution in [0.3, 0.4) is 0 Å². The van der Waals surface area contributed by atoms with Crippen LogP contribution in [0, 0.1) is 0 Å². The van der Waals surface area contributed by atoms with Crippen molar-refractivity contribution >= 4 is 6.08 Å². The van der Waals surface area contributed by atoms with Crippen molar-refractivity contribution in [1.82, 2.24) is 0 Å². The molecule has 0 unspecified atom stereocenters. The van der Waals surface area contributed by atoms with Crippen LogP contribution in [0.15, 0.2) is 18.2 Å². The largest absolute Gasteiger partial charge is 0.493 e. The molecule has 0 aromatic heterocycles. The van der Waals surface area contributed by atoms with Gasteiger partial charge < -0.3 is 23.7 Å². The van der Waals surface area contributed by atoms with E-state index in [1.165, 1.54) is 0 Å². The van der Waals surface area contributed by atoms with Gasteiger partial charge in [0.1, 0.15) is 0 Å². The monoisotopic (exact) mass is 280 g/mol. The average molecular weight is 280 g/mol. The lowest BCUT2D eigenvalue weighted by Crippen LogP contribution is -2.04. The second-order valence-electron chi connectivity index (χ2n) is 4.27. The quantitative estimate of drug-likeness (QED) is 0.801. The second-order valence-corrected chi connectivity index (χ2v) is 4.27. The number of methoxy groups -OCH3 is 3. The zero-order chi connectivity index (χ0) is 14.4. The van der Waals surface area contributed by atoms with Crippen LogP contribution < -0.4 is 14.2 Å². The van der Waals surface area contributed by atoms with Crippen molar-refractivity contribution in [2.24, 2.45) is 0 Å². The average Bonchev–Trinajstić information content (AvgIpc) is 2.99. The van der Waals surface area contributed by atoms with E-state index in [2.05, 4.69) is 0 Å². The van der Waals surface area contributed by atoms with Crippen molar-refractivity contribution in [1.29, 1.82) is 0 Å². The second kappa shape index (κ2) is 7.17. The van der Waals surface area contributed by atoms with Gasteiger partial charge in [-0.25, -0.2) is 0 Å². The highest BCUT2D eigenvalue weighted by molar-refractivity contribution is 5.62. The van der Waals surface area contributed by atoms with Crippen molar-refractivity contribution in [3.05, 3.63) is 23.8 Å². The first kappa shape index (κ1) is 14.7. The topological polar surface area (TPSA) is 46.2 Å². The predicted molar refractivity (Wildman–Crippen MR) is 75.4 cm³/mol. The highest BCUT2D eigenvalue weighted by Crippen LogP contribution is 2.38. The van der Waals surface area contributed by atoms with Crippen LogP contribution in [0.4, 0.5) is 0 Å². The van der Waals surface area contributed by atoms with Crippen molar-refractivity contribution in [2.75, 3.05) is 34.5 Å². The van der Waals surface area contributed by atoms with Gasteiger partial charge in [0.2, 0.25) is 5.75 Å². The zero-order valence-corrected chi connectivity index (χ0v) is 12.0. The number of ether oxygens (including phenoxy) is 5. The molecule has 1 aliphatic rings. The fourth-order valence-corrected chi connectivity index (χ4v) is 2.06. The maximum absolute atomic E-state index is 5.37. The zero-order valence-electron chi connectivity index (χ0n) is 12.0. The lowest BCUT2D eigenvalue weighted by Gasteiger charge is -2.13. The first-order valence-electron chi connectivity index (χ1n) is 6.48. The van der Waals surface area contributed by atoms with Gasteiger partial charge in [-0.1, -0.05) is 12.2 Å². The molecule has 1 saturated heterocycles. The van der Waals surface area contributed by atoms with Crippen LogP contribution in [-0.4, -0.2) is 40.8 Å². The summed E-state index contributed by atoms with van der Waals surface area (Å²) in [5, 5.41) is 0. The van der Waals surface area contributed by atoms with E-state index in [1.54, 1.807) is 21.3 Å².